The summed E-state index contributed by atoms with van der Waals surface area (Å²) in [4.78, 5) is 22.1. The van der Waals surface area contributed by atoms with E-state index in [1.807, 2.05) is 29.0 Å². The number of hydrogen-bond acceptors (Lipinski definition) is 5. The molecule has 5 rings (SSSR count). The van der Waals surface area contributed by atoms with E-state index in [9.17, 15) is 4.79 Å². The van der Waals surface area contributed by atoms with Gasteiger partial charge in [0.05, 0.1) is 18.0 Å². The third kappa shape index (κ3) is 3.68. The summed E-state index contributed by atoms with van der Waals surface area (Å²) in [5.74, 6) is 0.526. The van der Waals surface area contributed by atoms with Crippen LogP contribution in [0.5, 0.6) is 0 Å². The summed E-state index contributed by atoms with van der Waals surface area (Å²) in [6.07, 6.45) is 10.4. The predicted molar refractivity (Wildman–Crippen MR) is 124 cm³/mol. The van der Waals surface area contributed by atoms with Crippen LogP contribution in [-0.4, -0.2) is 51.8 Å². The molecule has 1 saturated heterocycles. The minimum Gasteiger partial charge on any atom is -0.367 e. The summed E-state index contributed by atoms with van der Waals surface area (Å²) in [6.45, 7) is 5.29. The first-order valence-electron chi connectivity index (χ1n) is 11.7. The lowest BCUT2D eigenvalue weighted by Crippen LogP contribution is -2.51. The number of carbonyl (C=O) groups is 1. The lowest BCUT2D eigenvalue weighted by Gasteiger charge is -2.39. The lowest BCUT2D eigenvalue weighted by atomic mass is 9.82. The van der Waals surface area contributed by atoms with E-state index in [0.29, 0.717) is 0 Å². The normalized spacial score (nSPS) is 23.0. The second kappa shape index (κ2) is 8.42. The Bertz CT molecular complexity index is 1090. The smallest absolute Gasteiger partial charge is 0.225 e. The molecule has 0 spiro atoms. The molecule has 1 saturated carbocycles. The van der Waals surface area contributed by atoms with Gasteiger partial charge in [0.2, 0.25) is 5.91 Å². The maximum absolute atomic E-state index is 13.0. The molecule has 2 aromatic heterocycles. The second-order valence-corrected chi connectivity index (χ2v) is 9.29. The Morgan fingerprint density at radius 2 is 1.91 bits per heavy atom. The summed E-state index contributed by atoms with van der Waals surface area (Å²) in [7, 11) is 1.97. The van der Waals surface area contributed by atoms with Crippen molar-refractivity contribution in [2.24, 2.45) is 18.9 Å². The minimum atomic E-state index is 0.101. The van der Waals surface area contributed by atoms with E-state index in [2.05, 4.69) is 40.1 Å². The van der Waals surface area contributed by atoms with Gasteiger partial charge in [-0.15, -0.1) is 0 Å². The van der Waals surface area contributed by atoms with Crippen LogP contribution in [0.15, 0.2) is 18.5 Å². The summed E-state index contributed by atoms with van der Waals surface area (Å²) in [5, 5.41) is 13.5. The monoisotopic (exact) mass is 430 g/mol. The molecular formula is C25H30N6O. The molecular weight excluding hydrogens is 400 g/mol. The molecule has 2 aromatic rings. The van der Waals surface area contributed by atoms with E-state index in [0.717, 1.165) is 64.0 Å². The van der Waals surface area contributed by atoms with Gasteiger partial charge in [-0.2, -0.15) is 10.4 Å². The zero-order valence-electron chi connectivity index (χ0n) is 18.9. The topological polar surface area (TPSA) is 78.1 Å². The molecule has 0 N–H and O–H groups in total. The van der Waals surface area contributed by atoms with Gasteiger partial charge in [-0.05, 0) is 50.3 Å². The van der Waals surface area contributed by atoms with Gasteiger partial charge in [-0.1, -0.05) is 0 Å². The number of hydrogen-bond donors (Lipinski definition) is 0. The van der Waals surface area contributed by atoms with E-state index in [1.54, 1.807) is 0 Å². The Hall–Kier alpha value is -3.14. The molecule has 1 aliphatic heterocycles. The third-order valence-corrected chi connectivity index (χ3v) is 7.50. The second-order valence-electron chi connectivity index (χ2n) is 9.29. The van der Waals surface area contributed by atoms with Crippen molar-refractivity contribution in [3.05, 3.63) is 41.0 Å². The van der Waals surface area contributed by atoms with Gasteiger partial charge < -0.3 is 9.80 Å². The average molecular weight is 431 g/mol. The molecule has 7 nitrogen and oxygen atoms in total. The van der Waals surface area contributed by atoms with Crippen molar-refractivity contribution in [3.8, 4) is 6.07 Å². The fraction of sp³-hybridized carbons (Fsp3) is 0.520. The Kier molecular flexibility index (Phi) is 5.46. The molecule has 3 aliphatic rings. The van der Waals surface area contributed by atoms with Crippen molar-refractivity contribution in [2.45, 2.75) is 39.0 Å². The van der Waals surface area contributed by atoms with Crippen molar-refractivity contribution in [2.75, 3.05) is 31.1 Å². The van der Waals surface area contributed by atoms with Gasteiger partial charge in [0.25, 0.3) is 0 Å². The molecule has 0 atom stereocenters. The summed E-state index contributed by atoms with van der Waals surface area (Å²) in [5.41, 5.74) is 7.17. The van der Waals surface area contributed by atoms with Crippen LogP contribution < -0.4 is 4.90 Å². The summed E-state index contributed by atoms with van der Waals surface area (Å²) >= 11 is 0. The first-order chi connectivity index (χ1) is 15.5. The zero-order valence-corrected chi connectivity index (χ0v) is 18.9. The predicted octanol–water partition coefficient (Wildman–Crippen LogP) is 3.20. The fourth-order valence-electron chi connectivity index (χ4n) is 5.37. The van der Waals surface area contributed by atoms with Gasteiger partial charge in [-0.3, -0.25) is 14.5 Å². The quantitative estimate of drug-likeness (QED) is 0.747. The van der Waals surface area contributed by atoms with Gasteiger partial charge in [0.1, 0.15) is 0 Å². The maximum atomic E-state index is 13.0. The van der Waals surface area contributed by atoms with Crippen molar-refractivity contribution in [1.29, 1.82) is 5.26 Å². The number of aromatic nitrogens is 3. The average Bonchev–Trinajstić information content (AvgIpc) is 3.41. The first-order valence-corrected chi connectivity index (χ1v) is 11.7. The third-order valence-electron chi connectivity index (χ3n) is 7.50. The summed E-state index contributed by atoms with van der Waals surface area (Å²) in [6, 6.07) is 4.47. The zero-order chi connectivity index (χ0) is 22.2. The van der Waals surface area contributed by atoms with Crippen molar-refractivity contribution < 1.29 is 4.79 Å². The number of amides is 1. The SMILES string of the molecule is Cc1c(C2=Cc3c(N4CCN(C(=O)C5CCC(C#N)CC5)CC4)ccnc3C2)cnn1C. The Morgan fingerprint density at radius 3 is 2.56 bits per heavy atom. The van der Waals surface area contributed by atoms with Crippen LogP contribution in [-0.2, 0) is 18.3 Å². The van der Waals surface area contributed by atoms with Crippen LogP contribution >= 0.6 is 0 Å². The number of anilines is 1. The first kappa shape index (κ1) is 20.7. The Balaban J connectivity index is 1.27. The number of fused-ring (bicyclic) bond motifs is 1. The number of nitrogens with zero attached hydrogens (tertiary/aromatic N) is 6. The largest absolute Gasteiger partial charge is 0.367 e. The van der Waals surface area contributed by atoms with E-state index in [4.69, 9.17) is 5.26 Å². The van der Waals surface area contributed by atoms with E-state index >= 15 is 0 Å². The highest BCUT2D eigenvalue weighted by molar-refractivity contribution is 5.92. The Morgan fingerprint density at radius 1 is 1.16 bits per heavy atom. The van der Waals surface area contributed by atoms with Gasteiger partial charge >= 0.3 is 0 Å². The number of allylic oxidation sites excluding steroid dienone is 1. The number of carbonyl (C=O) groups excluding carboxylic acids is 1. The molecule has 166 valence electrons. The Labute approximate surface area is 189 Å². The van der Waals surface area contributed by atoms with Gasteiger partial charge in [0, 0.05) is 80.2 Å². The van der Waals surface area contributed by atoms with Crippen LogP contribution in [0.4, 0.5) is 5.69 Å². The highest BCUT2D eigenvalue weighted by Crippen LogP contribution is 2.37. The van der Waals surface area contributed by atoms with E-state index in [-0.39, 0.29) is 17.7 Å². The van der Waals surface area contributed by atoms with E-state index < -0.39 is 0 Å². The summed E-state index contributed by atoms with van der Waals surface area (Å²) < 4.78 is 1.91. The molecule has 1 amide bonds. The number of pyridine rings is 1. The van der Waals surface area contributed by atoms with Crippen LogP contribution in [0.25, 0.3) is 11.6 Å². The molecule has 0 bridgehead atoms. The lowest BCUT2D eigenvalue weighted by molar-refractivity contribution is -0.137. The minimum absolute atomic E-state index is 0.101. The standard InChI is InChI=1S/C25H30N6O/c1-17-22(16-28-29(17)2)20-13-21-23(14-20)27-8-7-24(21)30-9-11-31(12-10-30)25(32)19-5-3-18(15-26)4-6-19/h7-8,13,16,18-19H,3-6,9-12,14H2,1-2H3. The molecule has 3 heterocycles. The number of piperazine rings is 1. The van der Waals surface area contributed by atoms with Crippen molar-refractivity contribution in [3.63, 3.8) is 0 Å². The molecule has 2 aliphatic carbocycles. The molecule has 0 radical (unpaired) electrons. The van der Waals surface area contributed by atoms with Crippen molar-refractivity contribution >= 4 is 23.2 Å². The van der Waals surface area contributed by atoms with Crippen LogP contribution in [0.2, 0.25) is 0 Å². The van der Waals surface area contributed by atoms with Crippen LogP contribution in [0, 0.1) is 30.1 Å². The van der Waals surface area contributed by atoms with Crippen LogP contribution in [0.3, 0.4) is 0 Å². The van der Waals surface area contributed by atoms with Gasteiger partial charge in [-0.25, -0.2) is 0 Å². The maximum Gasteiger partial charge on any atom is 0.225 e. The van der Waals surface area contributed by atoms with Crippen molar-refractivity contribution in [1.82, 2.24) is 19.7 Å². The molecule has 2 fully saturated rings. The number of rotatable bonds is 3. The highest BCUT2D eigenvalue weighted by Gasteiger charge is 2.32. The van der Waals surface area contributed by atoms with Gasteiger partial charge in [0.15, 0.2) is 0 Å². The number of nitriles is 1. The molecule has 0 aromatic carbocycles. The molecule has 0 unspecified atom stereocenters. The molecule has 32 heavy (non-hydrogen) atoms. The fourth-order valence-corrected chi connectivity index (χ4v) is 5.37. The van der Waals surface area contributed by atoms with Crippen LogP contribution in [0.1, 0.15) is 48.2 Å². The van der Waals surface area contributed by atoms with E-state index in [1.165, 1.54) is 28.1 Å². The number of aryl methyl sites for hydroxylation is 1. The molecule has 7 heteroatoms. The highest BCUT2D eigenvalue weighted by atomic mass is 16.2.